The molecule has 0 aliphatic heterocycles. The molecule has 21 heavy (non-hydrogen) atoms. The van der Waals surface area contributed by atoms with Crippen molar-refractivity contribution in [1.82, 2.24) is 14.9 Å². The van der Waals surface area contributed by atoms with E-state index in [1.165, 1.54) is 0 Å². The Labute approximate surface area is 127 Å². The number of amides is 1. The molecule has 2 rings (SSSR count). The zero-order chi connectivity index (χ0) is 15.4. The predicted octanol–water partition coefficient (Wildman–Crippen LogP) is 2.73. The van der Waals surface area contributed by atoms with Crippen LogP contribution in [0.15, 0.2) is 23.0 Å². The number of aromatic amines is 1. The number of aromatic nitrogens is 2. The van der Waals surface area contributed by atoms with Crippen molar-refractivity contribution in [3.63, 3.8) is 0 Å². The average molecular weight is 308 g/mol. The average Bonchev–Trinajstić information content (AvgIpc) is 2.45. The quantitative estimate of drug-likeness (QED) is 0.923. The number of halogens is 1. The maximum absolute atomic E-state index is 12.0. The molecule has 0 aliphatic rings. The van der Waals surface area contributed by atoms with Gasteiger partial charge in [-0.3, -0.25) is 9.59 Å². The number of hydrogen-bond donors (Lipinski definition) is 1. The number of fused-ring (bicyclic) bond motifs is 1. The van der Waals surface area contributed by atoms with Crippen LogP contribution in [0.25, 0.3) is 10.9 Å². The Balaban J connectivity index is 2.37. The Hall–Kier alpha value is -1.88. The first-order chi connectivity index (χ1) is 10.0. The monoisotopic (exact) mass is 307 g/mol. The van der Waals surface area contributed by atoms with Gasteiger partial charge < -0.3 is 9.88 Å². The highest BCUT2D eigenvalue weighted by Crippen LogP contribution is 2.15. The molecule has 5 nitrogen and oxygen atoms in total. The van der Waals surface area contributed by atoms with Gasteiger partial charge in [0.25, 0.3) is 5.56 Å². The molecule has 1 N–H and O–H groups in total. The molecule has 6 heteroatoms. The Bertz CT molecular complexity index is 712. The minimum absolute atomic E-state index is 0.0469. The highest BCUT2D eigenvalue weighted by Gasteiger charge is 2.13. The van der Waals surface area contributed by atoms with E-state index in [9.17, 15) is 9.59 Å². The summed E-state index contributed by atoms with van der Waals surface area (Å²) >= 11 is 5.93. The lowest BCUT2D eigenvalue weighted by Crippen LogP contribution is -2.32. The summed E-state index contributed by atoms with van der Waals surface area (Å²) in [6.45, 7) is 4.77. The van der Waals surface area contributed by atoms with Gasteiger partial charge in [0.2, 0.25) is 5.91 Å². The first-order valence-corrected chi connectivity index (χ1v) is 7.39. The van der Waals surface area contributed by atoms with Gasteiger partial charge in [-0.1, -0.05) is 25.4 Å². The van der Waals surface area contributed by atoms with E-state index >= 15 is 0 Å². The van der Waals surface area contributed by atoms with Crippen LogP contribution in [0.3, 0.4) is 0 Å². The fourth-order valence-electron chi connectivity index (χ4n) is 2.20. The van der Waals surface area contributed by atoms with Crippen LogP contribution in [0.5, 0.6) is 0 Å². The number of H-pyrrole nitrogens is 1. The predicted molar refractivity (Wildman–Crippen MR) is 83.4 cm³/mol. The van der Waals surface area contributed by atoms with Gasteiger partial charge in [-0.15, -0.1) is 0 Å². The molecule has 1 aromatic heterocycles. The van der Waals surface area contributed by atoms with E-state index in [0.29, 0.717) is 41.3 Å². The van der Waals surface area contributed by atoms with Crippen LogP contribution in [0.2, 0.25) is 5.02 Å². The van der Waals surface area contributed by atoms with Gasteiger partial charge in [-0.2, -0.15) is 0 Å². The molecule has 1 aromatic carbocycles. The molecular formula is C15H18ClN3O2. The lowest BCUT2D eigenvalue weighted by Gasteiger charge is -2.20. The van der Waals surface area contributed by atoms with E-state index in [4.69, 9.17) is 11.6 Å². The fourth-order valence-corrected chi connectivity index (χ4v) is 2.37. The summed E-state index contributed by atoms with van der Waals surface area (Å²) in [6.07, 6.45) is 1.29. The molecular weight excluding hydrogens is 290 g/mol. The van der Waals surface area contributed by atoms with Gasteiger partial charge in [0.05, 0.1) is 17.4 Å². The van der Waals surface area contributed by atoms with Gasteiger partial charge in [-0.05, 0) is 24.6 Å². The number of nitrogens with one attached hydrogen (secondary N) is 1. The van der Waals surface area contributed by atoms with Crippen molar-refractivity contribution in [1.29, 1.82) is 0 Å². The van der Waals surface area contributed by atoms with E-state index in [0.717, 1.165) is 6.42 Å². The minimum atomic E-state index is -0.216. The third-order valence-corrected chi connectivity index (χ3v) is 3.44. The molecule has 2 aromatic rings. The van der Waals surface area contributed by atoms with Crippen LogP contribution in [0.1, 0.15) is 32.5 Å². The standard InChI is InChI=1S/C15H18ClN3O2/c1-3-7-19(14(20)4-2)9-13-17-12-8-10(16)5-6-11(12)15(21)18-13/h5-6,8H,3-4,7,9H2,1-2H3,(H,17,18,21). The molecule has 1 amide bonds. The topological polar surface area (TPSA) is 66.1 Å². The van der Waals surface area contributed by atoms with Crippen LogP contribution in [0.4, 0.5) is 0 Å². The van der Waals surface area contributed by atoms with Crippen LogP contribution in [-0.2, 0) is 11.3 Å². The largest absolute Gasteiger partial charge is 0.335 e. The molecule has 0 atom stereocenters. The van der Waals surface area contributed by atoms with Crippen molar-refractivity contribution in [2.75, 3.05) is 6.54 Å². The maximum atomic E-state index is 12.0. The maximum Gasteiger partial charge on any atom is 0.258 e. The summed E-state index contributed by atoms with van der Waals surface area (Å²) in [5.74, 6) is 0.524. The molecule has 0 bridgehead atoms. The van der Waals surface area contributed by atoms with Gasteiger partial charge in [0.1, 0.15) is 5.82 Å². The van der Waals surface area contributed by atoms with Crippen molar-refractivity contribution in [2.45, 2.75) is 33.2 Å². The highest BCUT2D eigenvalue weighted by molar-refractivity contribution is 6.31. The summed E-state index contributed by atoms with van der Waals surface area (Å²) in [6, 6.07) is 4.96. The smallest absolute Gasteiger partial charge is 0.258 e. The van der Waals surface area contributed by atoms with E-state index in [-0.39, 0.29) is 11.5 Å². The summed E-state index contributed by atoms with van der Waals surface area (Å²) in [4.78, 5) is 32.8. The first kappa shape index (κ1) is 15.5. The third kappa shape index (κ3) is 3.61. The van der Waals surface area contributed by atoms with Gasteiger partial charge in [0, 0.05) is 18.0 Å². The Morgan fingerprint density at radius 1 is 1.38 bits per heavy atom. The third-order valence-electron chi connectivity index (χ3n) is 3.21. The van der Waals surface area contributed by atoms with Gasteiger partial charge in [-0.25, -0.2) is 4.98 Å². The summed E-state index contributed by atoms with van der Waals surface area (Å²) in [5, 5.41) is 1.02. The van der Waals surface area contributed by atoms with Crippen molar-refractivity contribution < 1.29 is 4.79 Å². The highest BCUT2D eigenvalue weighted by atomic mass is 35.5. The molecule has 0 unspecified atom stereocenters. The Morgan fingerprint density at radius 2 is 2.14 bits per heavy atom. The van der Waals surface area contributed by atoms with Crippen molar-refractivity contribution in [3.05, 3.63) is 39.4 Å². The van der Waals surface area contributed by atoms with Gasteiger partial charge in [0.15, 0.2) is 0 Å². The minimum Gasteiger partial charge on any atom is -0.335 e. The normalized spacial score (nSPS) is 10.8. The SMILES string of the molecule is CCCN(Cc1nc2cc(Cl)ccc2c(=O)[nH]1)C(=O)CC. The number of carbonyl (C=O) groups is 1. The lowest BCUT2D eigenvalue weighted by atomic mass is 10.2. The molecule has 112 valence electrons. The Morgan fingerprint density at radius 3 is 2.81 bits per heavy atom. The number of nitrogens with zero attached hydrogens (tertiary/aromatic N) is 2. The second-order valence-corrected chi connectivity index (χ2v) is 5.28. The van der Waals surface area contributed by atoms with Crippen LogP contribution < -0.4 is 5.56 Å². The summed E-state index contributed by atoms with van der Waals surface area (Å²) in [5.41, 5.74) is 0.328. The van der Waals surface area contributed by atoms with Gasteiger partial charge >= 0.3 is 0 Å². The second-order valence-electron chi connectivity index (χ2n) is 4.84. The number of carbonyl (C=O) groups excluding carboxylic acids is 1. The molecule has 0 spiro atoms. The van der Waals surface area contributed by atoms with Crippen molar-refractivity contribution >= 4 is 28.4 Å². The molecule has 0 saturated heterocycles. The molecule has 0 radical (unpaired) electrons. The number of benzene rings is 1. The van der Waals surface area contributed by atoms with E-state index in [1.807, 2.05) is 13.8 Å². The van der Waals surface area contributed by atoms with Crippen LogP contribution in [0, 0.1) is 0 Å². The second kappa shape index (κ2) is 6.72. The van der Waals surface area contributed by atoms with Crippen LogP contribution >= 0.6 is 11.6 Å². The molecule has 0 fully saturated rings. The van der Waals surface area contributed by atoms with Crippen molar-refractivity contribution in [3.8, 4) is 0 Å². The Kier molecular flexibility index (Phi) is 4.96. The zero-order valence-electron chi connectivity index (χ0n) is 12.1. The zero-order valence-corrected chi connectivity index (χ0v) is 12.9. The lowest BCUT2D eigenvalue weighted by molar-refractivity contribution is -0.131. The van der Waals surface area contributed by atoms with Crippen molar-refractivity contribution in [2.24, 2.45) is 0 Å². The fraction of sp³-hybridized carbons (Fsp3) is 0.400. The summed E-state index contributed by atoms with van der Waals surface area (Å²) < 4.78 is 0. The summed E-state index contributed by atoms with van der Waals surface area (Å²) in [7, 11) is 0. The molecule has 0 saturated carbocycles. The number of hydrogen-bond acceptors (Lipinski definition) is 3. The number of rotatable bonds is 5. The molecule has 1 heterocycles. The first-order valence-electron chi connectivity index (χ1n) is 7.01. The molecule has 0 aliphatic carbocycles. The van der Waals surface area contributed by atoms with E-state index < -0.39 is 0 Å². The van der Waals surface area contributed by atoms with Crippen LogP contribution in [-0.4, -0.2) is 27.3 Å². The van der Waals surface area contributed by atoms with E-state index in [1.54, 1.807) is 23.1 Å². The van der Waals surface area contributed by atoms with E-state index in [2.05, 4.69) is 9.97 Å².